The monoisotopic (exact) mass is 813 g/mol. The molecule has 6 aliphatic rings. The Labute approximate surface area is 336 Å². The van der Waals surface area contributed by atoms with Gasteiger partial charge >= 0.3 is 19.4 Å². The van der Waals surface area contributed by atoms with Crippen molar-refractivity contribution in [3.05, 3.63) is 44.2 Å². The second kappa shape index (κ2) is 16.4. The van der Waals surface area contributed by atoms with Crippen LogP contribution in [0.5, 0.6) is 0 Å². The van der Waals surface area contributed by atoms with E-state index in [-0.39, 0.29) is 36.8 Å². The highest BCUT2D eigenvalue weighted by Gasteiger charge is 2.65. The Morgan fingerprint density at radius 2 is 1.93 bits per heavy atom. The third-order valence-electron chi connectivity index (χ3n) is 15.0. The maximum atomic E-state index is 12.9. The first-order chi connectivity index (χ1) is 27.0. The Balaban J connectivity index is 0.938. The molecule has 1 amide bonds. The van der Waals surface area contributed by atoms with Crippen LogP contribution >= 0.6 is 7.60 Å². The number of ether oxygens (including phenoxy) is 4. The molecule has 0 aromatic carbocycles. The van der Waals surface area contributed by atoms with Crippen LogP contribution < -0.4 is 16.6 Å². The number of aromatic amines is 1. The maximum Gasteiger partial charge on any atom is 0.408 e. The lowest BCUT2D eigenvalue weighted by atomic mass is 9.47. The fourth-order valence-electron chi connectivity index (χ4n) is 12.3. The number of hydrogen-bond donors (Lipinski definition) is 3. The molecule has 57 heavy (non-hydrogen) atoms. The molecular weight excluding hydrogens is 749 g/mol. The molecule has 0 radical (unpaired) electrons. The van der Waals surface area contributed by atoms with Crippen molar-refractivity contribution in [1.29, 1.82) is 0 Å². The summed E-state index contributed by atoms with van der Waals surface area (Å²) in [6.07, 6.45) is 13.1. The molecule has 7 rings (SSSR count). The summed E-state index contributed by atoms with van der Waals surface area (Å²) in [4.78, 5) is 50.7. The Morgan fingerprint density at radius 1 is 1.14 bits per heavy atom. The van der Waals surface area contributed by atoms with Gasteiger partial charge in [-0.05, 0) is 91.3 Å². The van der Waals surface area contributed by atoms with E-state index in [0.717, 1.165) is 66.5 Å². The second-order valence-electron chi connectivity index (χ2n) is 19.0. The highest BCUT2D eigenvalue weighted by Crippen LogP contribution is 2.67. The van der Waals surface area contributed by atoms with Crippen molar-refractivity contribution in [3.8, 4) is 11.8 Å². The van der Waals surface area contributed by atoms with Crippen molar-refractivity contribution < 1.29 is 37.7 Å². The number of alkyl carbamates (subject to hydrolysis) is 1. The lowest BCUT2D eigenvalue weighted by Crippen LogP contribution is -2.51. The van der Waals surface area contributed by atoms with Gasteiger partial charge in [-0.1, -0.05) is 77.4 Å². The molecule has 1 aromatic rings. The van der Waals surface area contributed by atoms with Crippen molar-refractivity contribution in [2.24, 2.45) is 46.3 Å². The fraction of sp³-hybridized carbons (Fsp3) is 0.791. The van der Waals surface area contributed by atoms with Gasteiger partial charge in [0, 0.05) is 26.4 Å². The number of aromatic nitrogens is 2. The van der Waals surface area contributed by atoms with Gasteiger partial charge in [0.2, 0.25) is 0 Å². The molecule has 3 N–H and O–H groups in total. The predicted molar refractivity (Wildman–Crippen MR) is 215 cm³/mol. The van der Waals surface area contributed by atoms with Crippen molar-refractivity contribution >= 4 is 13.7 Å². The highest BCUT2D eigenvalue weighted by molar-refractivity contribution is 7.51. The van der Waals surface area contributed by atoms with Gasteiger partial charge in [-0.2, -0.15) is 0 Å². The summed E-state index contributed by atoms with van der Waals surface area (Å²) in [6.45, 7) is 13.3. The lowest BCUT2D eigenvalue weighted by Gasteiger charge is -2.58. The molecule has 14 heteroatoms. The maximum absolute atomic E-state index is 12.9. The Hall–Kier alpha value is -2.72. The van der Waals surface area contributed by atoms with Gasteiger partial charge in [0.1, 0.15) is 29.5 Å². The third kappa shape index (κ3) is 8.25. The van der Waals surface area contributed by atoms with Gasteiger partial charge < -0.3 is 29.2 Å². The second-order valence-corrected chi connectivity index (χ2v) is 20.9. The van der Waals surface area contributed by atoms with E-state index >= 15 is 0 Å². The molecule has 3 saturated carbocycles. The summed E-state index contributed by atoms with van der Waals surface area (Å²) in [6, 6.07) is 0. The summed E-state index contributed by atoms with van der Waals surface area (Å²) >= 11 is 0. The van der Waals surface area contributed by atoms with E-state index in [2.05, 4.69) is 62.8 Å². The minimum atomic E-state index is -3.96. The fourth-order valence-corrected chi connectivity index (χ4v) is 13.0. The van der Waals surface area contributed by atoms with Gasteiger partial charge in [0.05, 0.1) is 19.8 Å². The van der Waals surface area contributed by atoms with E-state index in [1.54, 1.807) is 0 Å². The third-order valence-corrected chi connectivity index (χ3v) is 15.6. The molecule has 1 aromatic heterocycles. The molecule has 3 unspecified atom stereocenters. The largest absolute Gasteiger partial charge is 0.446 e. The zero-order valence-corrected chi connectivity index (χ0v) is 35.7. The molecular formula is C43H64N3O10P. The van der Waals surface area contributed by atoms with Crippen molar-refractivity contribution in [2.45, 2.75) is 135 Å². The molecule has 13 atom stereocenters. The first kappa shape index (κ1) is 42.4. The van der Waals surface area contributed by atoms with Crippen LogP contribution in [0.2, 0.25) is 0 Å². The number of nitrogens with one attached hydrogen (secondary N) is 2. The molecule has 2 saturated heterocycles. The Morgan fingerprint density at radius 3 is 2.67 bits per heavy atom. The van der Waals surface area contributed by atoms with Crippen LogP contribution in [0.3, 0.4) is 0 Å². The first-order valence-corrected chi connectivity index (χ1v) is 23.3. The molecule has 3 heterocycles. The van der Waals surface area contributed by atoms with Gasteiger partial charge in [0.15, 0.2) is 6.23 Å². The van der Waals surface area contributed by atoms with Gasteiger partial charge in [0.25, 0.3) is 5.56 Å². The predicted octanol–water partition coefficient (Wildman–Crippen LogP) is 6.54. The molecule has 5 fully saturated rings. The molecule has 316 valence electrons. The van der Waals surface area contributed by atoms with E-state index in [1.807, 2.05) is 0 Å². The van der Waals surface area contributed by atoms with Crippen molar-refractivity contribution in [1.82, 2.24) is 14.9 Å². The van der Waals surface area contributed by atoms with E-state index < -0.39 is 49.0 Å². The Bertz CT molecular complexity index is 1930. The SMILES string of the molecule is COC[C@]12CO[C@@H](C1OP(C)(=O)O)[C@H](n1cc(C#CCNC(=O)O[C@H]3CC[C@@]4(C)C(=CC[C@H]5[C@@H]6CC[C@H](C(C)CCCC(C)C)[C@@]6(C)CC[C@@H]54)C3)c(=O)[nH]c1=O)O2. The molecule has 13 nitrogen and oxygen atoms in total. The van der Waals surface area contributed by atoms with Crippen molar-refractivity contribution in [3.63, 3.8) is 0 Å². The number of allylic oxidation sites excluding steroid dienone is 1. The smallest absolute Gasteiger partial charge is 0.408 e. The summed E-state index contributed by atoms with van der Waals surface area (Å²) in [5.74, 6) is 10.2. The van der Waals surface area contributed by atoms with Crippen LogP contribution in [0.15, 0.2) is 27.4 Å². The standard InChI is InChI=1S/C43H64N3O10P/c1-26(2)10-8-11-27(3)32-15-16-33-31-14-13-29-22-30(17-19-41(29,4)34(31)18-20-42(32,33)5)54-40(49)44-21-9-12-28-23-46(39(48)45-37(28)47)38-35-36(56-57(7,50)51)43(55-38,24-52-6)25-53-35/h13,23,26-27,30-36,38H,8,10-11,14-22,24-25H2,1-7H3,(H,44,49)(H,50,51)(H,45,47,48)/t27?,30-,31-,32+,33-,34-,35-,36?,38+,41-,42+,43-/m0/s1. The van der Waals surface area contributed by atoms with Crippen LogP contribution in [0.25, 0.3) is 0 Å². The summed E-state index contributed by atoms with van der Waals surface area (Å²) in [5.41, 5.74) is -0.705. The molecule has 0 spiro atoms. The van der Waals surface area contributed by atoms with Crippen LogP contribution in [0.1, 0.15) is 117 Å². The lowest BCUT2D eigenvalue weighted by molar-refractivity contribution is -0.190. The van der Waals surface area contributed by atoms with E-state index in [0.29, 0.717) is 11.3 Å². The summed E-state index contributed by atoms with van der Waals surface area (Å²) < 4.78 is 41.9. The van der Waals surface area contributed by atoms with Gasteiger partial charge in [-0.15, -0.1) is 0 Å². The van der Waals surface area contributed by atoms with E-state index in [9.17, 15) is 23.8 Å². The van der Waals surface area contributed by atoms with Gasteiger partial charge in [-0.3, -0.25) is 23.4 Å². The Kier molecular flexibility index (Phi) is 12.2. The minimum Gasteiger partial charge on any atom is -0.446 e. The average Bonchev–Trinajstić information content (AvgIpc) is 3.76. The van der Waals surface area contributed by atoms with Crippen molar-refractivity contribution in [2.75, 3.05) is 33.5 Å². The first-order valence-electron chi connectivity index (χ1n) is 21.2. The zero-order valence-electron chi connectivity index (χ0n) is 34.8. The number of H-pyrrole nitrogens is 1. The molecule has 2 aliphatic heterocycles. The van der Waals surface area contributed by atoms with Crippen LogP contribution in [0.4, 0.5) is 4.79 Å². The summed E-state index contributed by atoms with van der Waals surface area (Å²) in [7, 11) is -2.52. The number of carbonyl (C=O) groups excluding carboxylic acids is 1. The highest BCUT2D eigenvalue weighted by atomic mass is 31.2. The van der Waals surface area contributed by atoms with Crippen LogP contribution in [-0.4, -0.2) is 78.0 Å². The zero-order chi connectivity index (χ0) is 40.9. The molecule has 2 bridgehead atoms. The van der Waals surface area contributed by atoms with Crippen LogP contribution in [0, 0.1) is 58.2 Å². The summed E-state index contributed by atoms with van der Waals surface area (Å²) in [5, 5.41) is 2.70. The minimum absolute atomic E-state index is 0.0192. The average molecular weight is 814 g/mol. The van der Waals surface area contributed by atoms with Gasteiger partial charge in [-0.25, -0.2) is 9.59 Å². The number of fused-ring (bicyclic) bond motifs is 7. The number of hydrogen-bond acceptors (Lipinski definition) is 9. The number of rotatable bonds is 12. The number of methoxy groups -OCH3 is 1. The quantitative estimate of drug-likeness (QED) is 0.120. The van der Waals surface area contributed by atoms with Crippen LogP contribution in [-0.2, 0) is 28.0 Å². The number of carbonyl (C=O) groups is 1. The number of nitrogens with zero attached hydrogens (tertiary/aromatic N) is 1. The topological polar surface area (TPSA) is 167 Å². The normalized spacial score (nSPS) is 38.2. The van der Waals surface area contributed by atoms with E-state index in [4.69, 9.17) is 23.5 Å². The molecule has 4 aliphatic carbocycles. The number of amides is 1. The van der Waals surface area contributed by atoms with E-state index in [1.165, 1.54) is 63.8 Å².